The van der Waals surface area contributed by atoms with Crippen molar-refractivity contribution in [3.8, 4) is 5.75 Å². The molecule has 0 saturated carbocycles. The molecule has 1 N–H and O–H groups in total. The minimum absolute atomic E-state index is 0.0866. The van der Waals surface area contributed by atoms with Crippen LogP contribution in [0.1, 0.15) is 22.8 Å². The minimum Gasteiger partial charge on any atom is -0.435 e. The van der Waals surface area contributed by atoms with E-state index in [1.807, 2.05) is 0 Å². The summed E-state index contributed by atoms with van der Waals surface area (Å²) in [5, 5.41) is 10.1. The first-order valence-corrected chi connectivity index (χ1v) is 6.07. The van der Waals surface area contributed by atoms with Crippen LogP contribution in [0.5, 0.6) is 5.75 Å². The molecule has 0 fully saturated rings. The summed E-state index contributed by atoms with van der Waals surface area (Å²) in [7, 11) is 0. The third-order valence-corrected chi connectivity index (χ3v) is 2.99. The van der Waals surface area contributed by atoms with Gasteiger partial charge in [0, 0.05) is 5.56 Å². The number of hydrogen-bond acceptors (Lipinski definition) is 2. The Morgan fingerprint density at radius 1 is 1.00 bits per heavy atom. The average Bonchev–Trinajstić information content (AvgIpc) is 2.42. The Balaban J connectivity index is 2.27. The molecule has 1 unspecified atom stereocenters. The number of halogens is 4. The van der Waals surface area contributed by atoms with Crippen LogP contribution in [-0.4, -0.2) is 11.7 Å². The van der Waals surface area contributed by atoms with Gasteiger partial charge in [-0.25, -0.2) is 8.78 Å². The Kier molecular flexibility index (Phi) is 4.47. The van der Waals surface area contributed by atoms with Gasteiger partial charge in [-0.2, -0.15) is 8.78 Å². The number of aliphatic hydroxyl groups excluding tert-OH is 1. The first kappa shape index (κ1) is 15.3. The van der Waals surface area contributed by atoms with Crippen molar-refractivity contribution in [2.75, 3.05) is 0 Å². The summed E-state index contributed by atoms with van der Waals surface area (Å²) < 4.78 is 55.4. The highest BCUT2D eigenvalue weighted by Gasteiger charge is 2.17. The lowest BCUT2D eigenvalue weighted by molar-refractivity contribution is -0.0498. The Hall–Kier alpha value is -2.08. The van der Waals surface area contributed by atoms with E-state index in [-0.39, 0.29) is 22.4 Å². The quantitative estimate of drug-likeness (QED) is 0.866. The molecule has 0 radical (unpaired) electrons. The van der Waals surface area contributed by atoms with Gasteiger partial charge in [0.25, 0.3) is 0 Å². The summed E-state index contributed by atoms with van der Waals surface area (Å²) in [6.07, 6.45) is -1.40. The molecule has 0 aliphatic heterocycles. The van der Waals surface area contributed by atoms with Gasteiger partial charge in [0.05, 0.1) is 0 Å². The third kappa shape index (κ3) is 3.52. The topological polar surface area (TPSA) is 29.5 Å². The van der Waals surface area contributed by atoms with Crippen molar-refractivity contribution < 1.29 is 27.4 Å². The van der Waals surface area contributed by atoms with Gasteiger partial charge in [-0.15, -0.1) is 0 Å². The summed E-state index contributed by atoms with van der Waals surface area (Å²) >= 11 is 0. The Morgan fingerprint density at radius 2 is 1.62 bits per heavy atom. The standard InChI is InChI=1S/C15H12F4O2/c1-8-6-13(17)11(7-12(8)16)14(20)9-2-4-10(5-3-9)21-15(18)19/h2-7,14-15,20H,1H3. The van der Waals surface area contributed by atoms with Gasteiger partial charge in [0.15, 0.2) is 0 Å². The van der Waals surface area contributed by atoms with Crippen LogP contribution in [0.15, 0.2) is 36.4 Å². The van der Waals surface area contributed by atoms with Crippen LogP contribution in [0.2, 0.25) is 0 Å². The third-order valence-electron chi connectivity index (χ3n) is 2.99. The fourth-order valence-electron chi connectivity index (χ4n) is 1.88. The maximum atomic E-state index is 13.8. The van der Waals surface area contributed by atoms with E-state index in [9.17, 15) is 22.7 Å². The van der Waals surface area contributed by atoms with E-state index >= 15 is 0 Å². The van der Waals surface area contributed by atoms with Gasteiger partial charge in [-0.3, -0.25) is 0 Å². The maximum Gasteiger partial charge on any atom is 0.387 e. The number of alkyl halides is 2. The highest BCUT2D eigenvalue weighted by Crippen LogP contribution is 2.27. The molecule has 2 aromatic carbocycles. The molecule has 0 aromatic heterocycles. The van der Waals surface area contributed by atoms with Crippen molar-refractivity contribution in [1.82, 2.24) is 0 Å². The molecule has 0 aliphatic carbocycles. The van der Waals surface area contributed by atoms with Gasteiger partial charge >= 0.3 is 6.61 Å². The number of benzene rings is 2. The second-order valence-electron chi connectivity index (χ2n) is 4.47. The predicted molar refractivity (Wildman–Crippen MR) is 68.2 cm³/mol. The minimum atomic E-state index is -2.95. The van der Waals surface area contributed by atoms with Gasteiger partial charge in [-0.05, 0) is 42.3 Å². The predicted octanol–water partition coefficient (Wildman–Crippen LogP) is 3.96. The average molecular weight is 300 g/mol. The van der Waals surface area contributed by atoms with E-state index in [0.29, 0.717) is 0 Å². The first-order valence-electron chi connectivity index (χ1n) is 6.07. The van der Waals surface area contributed by atoms with Crippen LogP contribution < -0.4 is 4.74 Å². The second-order valence-corrected chi connectivity index (χ2v) is 4.47. The Bertz CT molecular complexity index is 626. The molecule has 6 heteroatoms. The number of aryl methyl sites for hydroxylation is 1. The molecule has 0 saturated heterocycles. The number of ether oxygens (including phenoxy) is 1. The van der Waals surface area contributed by atoms with Gasteiger partial charge in [0.2, 0.25) is 0 Å². The lowest BCUT2D eigenvalue weighted by atomic mass is 9.99. The molecule has 21 heavy (non-hydrogen) atoms. The molecular formula is C15H12F4O2. The van der Waals surface area contributed by atoms with Crippen LogP contribution in [0.25, 0.3) is 0 Å². The van der Waals surface area contributed by atoms with Gasteiger partial charge < -0.3 is 9.84 Å². The summed E-state index contributed by atoms with van der Waals surface area (Å²) in [6.45, 7) is -1.55. The normalized spacial score (nSPS) is 12.5. The highest BCUT2D eigenvalue weighted by atomic mass is 19.3. The van der Waals surface area contributed by atoms with Gasteiger partial charge in [0.1, 0.15) is 23.5 Å². The second kappa shape index (κ2) is 6.13. The summed E-state index contributed by atoms with van der Waals surface area (Å²) in [5.41, 5.74) is 0.142. The zero-order chi connectivity index (χ0) is 15.6. The summed E-state index contributed by atoms with van der Waals surface area (Å²) in [6, 6.07) is 6.94. The fourth-order valence-corrected chi connectivity index (χ4v) is 1.88. The monoisotopic (exact) mass is 300 g/mol. The van der Waals surface area contributed by atoms with Crippen molar-refractivity contribution in [1.29, 1.82) is 0 Å². The van der Waals surface area contributed by atoms with E-state index in [1.165, 1.54) is 31.2 Å². The Morgan fingerprint density at radius 3 is 2.19 bits per heavy atom. The Labute approximate surface area is 118 Å². The van der Waals surface area contributed by atoms with E-state index in [0.717, 1.165) is 12.1 Å². The molecule has 1 atom stereocenters. The lowest BCUT2D eigenvalue weighted by Crippen LogP contribution is -2.05. The molecule has 0 spiro atoms. The van der Waals surface area contributed by atoms with Crippen molar-refractivity contribution in [2.24, 2.45) is 0 Å². The zero-order valence-corrected chi connectivity index (χ0v) is 11.0. The van der Waals surface area contributed by atoms with E-state index in [4.69, 9.17) is 0 Å². The van der Waals surface area contributed by atoms with Crippen molar-refractivity contribution >= 4 is 0 Å². The molecule has 112 valence electrons. The fraction of sp³-hybridized carbons (Fsp3) is 0.200. The number of aliphatic hydroxyl groups is 1. The molecule has 2 nitrogen and oxygen atoms in total. The zero-order valence-electron chi connectivity index (χ0n) is 11.0. The van der Waals surface area contributed by atoms with Crippen LogP contribution in [0, 0.1) is 18.6 Å². The SMILES string of the molecule is Cc1cc(F)c(C(O)c2ccc(OC(F)F)cc2)cc1F. The molecule has 0 amide bonds. The summed E-state index contributed by atoms with van der Waals surface area (Å²) in [4.78, 5) is 0. The van der Waals surface area contributed by atoms with E-state index in [1.54, 1.807) is 0 Å². The van der Waals surface area contributed by atoms with E-state index in [2.05, 4.69) is 4.74 Å². The highest BCUT2D eigenvalue weighted by molar-refractivity contribution is 5.36. The molecule has 2 aromatic rings. The van der Waals surface area contributed by atoms with Crippen LogP contribution in [0.4, 0.5) is 17.6 Å². The maximum absolute atomic E-state index is 13.8. The van der Waals surface area contributed by atoms with Gasteiger partial charge in [-0.1, -0.05) is 12.1 Å². The molecule has 0 heterocycles. The van der Waals surface area contributed by atoms with E-state index < -0.39 is 24.3 Å². The smallest absolute Gasteiger partial charge is 0.387 e. The number of hydrogen-bond donors (Lipinski definition) is 1. The number of rotatable bonds is 4. The molecule has 0 aliphatic rings. The van der Waals surface area contributed by atoms with Crippen LogP contribution >= 0.6 is 0 Å². The summed E-state index contributed by atoms with van der Waals surface area (Å²) in [5.74, 6) is -1.46. The molecule has 2 rings (SSSR count). The first-order chi connectivity index (χ1) is 9.88. The van der Waals surface area contributed by atoms with Crippen molar-refractivity contribution in [2.45, 2.75) is 19.6 Å². The van der Waals surface area contributed by atoms with Crippen molar-refractivity contribution in [3.05, 3.63) is 64.7 Å². The lowest BCUT2D eigenvalue weighted by Gasteiger charge is -2.14. The van der Waals surface area contributed by atoms with Crippen LogP contribution in [0.3, 0.4) is 0 Å². The molecule has 0 bridgehead atoms. The van der Waals surface area contributed by atoms with Crippen molar-refractivity contribution in [3.63, 3.8) is 0 Å². The largest absolute Gasteiger partial charge is 0.435 e. The molecular weight excluding hydrogens is 288 g/mol. The van der Waals surface area contributed by atoms with Crippen LogP contribution in [-0.2, 0) is 0 Å².